The van der Waals surface area contributed by atoms with E-state index in [0.717, 1.165) is 18.4 Å². The zero-order chi connectivity index (χ0) is 30.9. The second kappa shape index (κ2) is 14.6. The molecule has 0 saturated heterocycles. The van der Waals surface area contributed by atoms with Crippen molar-refractivity contribution in [3.8, 4) is 34.5 Å². The molecule has 0 heterocycles. The molecule has 0 amide bonds. The molecule has 41 heavy (non-hydrogen) atoms. The number of phenolic OH excluding ortho intramolecular Hbond substituents is 3. The number of carbonyl (C=O) groups is 3. The lowest BCUT2D eigenvalue weighted by Gasteiger charge is -2.16. The number of aromatic hydroxyl groups is 4. The van der Waals surface area contributed by atoms with Crippen LogP contribution >= 0.6 is 0 Å². The van der Waals surface area contributed by atoms with Crippen molar-refractivity contribution in [2.75, 3.05) is 7.11 Å². The summed E-state index contributed by atoms with van der Waals surface area (Å²) in [5, 5.41) is 48.1. The first kappa shape index (κ1) is 32.5. The van der Waals surface area contributed by atoms with Gasteiger partial charge in [-0.15, -0.1) is 0 Å². The van der Waals surface area contributed by atoms with Crippen molar-refractivity contribution in [1.29, 1.82) is 0 Å². The first-order chi connectivity index (χ1) is 19.4. The van der Waals surface area contributed by atoms with Gasteiger partial charge in [-0.1, -0.05) is 32.3 Å². The van der Waals surface area contributed by atoms with Crippen molar-refractivity contribution in [1.82, 2.24) is 0 Å². The Morgan fingerprint density at radius 3 is 2.07 bits per heavy atom. The summed E-state index contributed by atoms with van der Waals surface area (Å²) in [7, 11) is 1.31. The van der Waals surface area contributed by atoms with Gasteiger partial charge in [-0.05, 0) is 68.5 Å². The maximum Gasteiger partial charge on any atom is 0.347 e. The van der Waals surface area contributed by atoms with E-state index in [1.165, 1.54) is 65.3 Å². The Morgan fingerprint density at radius 2 is 1.51 bits per heavy atom. The average Bonchev–Trinajstić information content (AvgIpc) is 2.90. The van der Waals surface area contributed by atoms with E-state index in [1.54, 1.807) is 12.1 Å². The molecule has 0 aromatic heterocycles. The number of unbranched alkanes of at least 4 members (excludes halogenated alkanes) is 3. The largest absolute Gasteiger partial charge is 0.508 e. The molecule has 0 radical (unpaired) electrons. The van der Waals surface area contributed by atoms with Crippen LogP contribution in [-0.2, 0) is 6.42 Å². The second-order valence-corrected chi connectivity index (χ2v) is 9.51. The second-order valence-electron chi connectivity index (χ2n) is 9.51. The number of aryl methyl sites for hydroxylation is 3. The van der Waals surface area contributed by atoms with Crippen LogP contribution in [0.15, 0.2) is 30.3 Å². The minimum Gasteiger partial charge on any atom is -0.508 e. The molecule has 5 N–H and O–H groups in total. The molecule has 10 heteroatoms. The Hall–Kier alpha value is -4.73. The van der Waals surface area contributed by atoms with E-state index in [0.29, 0.717) is 11.8 Å². The monoisotopic (exact) mass is 568 g/mol. The molecular formula is C31H36O10. The lowest BCUT2D eigenvalue weighted by atomic mass is 10.0. The van der Waals surface area contributed by atoms with E-state index >= 15 is 0 Å². The third-order valence-corrected chi connectivity index (χ3v) is 6.53. The maximum atomic E-state index is 12.6. The standard InChI is InChI=1S/C19H18O8.C12H18O2/c1-8-5-13(26-4)11(7-20)17(22)14(8)19(25)27-12-6-9(2)16(21)15(10(12)3)18(23)24;1-2-3-4-5-6-10-7-8-11(13)9-12(10)14/h5-7,21-22H,1-4H3,(H,23,24);7-9,13-14H,2-6H2,1H3. The van der Waals surface area contributed by atoms with Gasteiger partial charge in [0.1, 0.15) is 45.6 Å². The van der Waals surface area contributed by atoms with Gasteiger partial charge in [0, 0.05) is 11.6 Å². The van der Waals surface area contributed by atoms with E-state index < -0.39 is 23.4 Å². The molecule has 3 aromatic rings. The van der Waals surface area contributed by atoms with Gasteiger partial charge >= 0.3 is 11.9 Å². The molecule has 0 aliphatic heterocycles. The van der Waals surface area contributed by atoms with Gasteiger partial charge in [-0.25, -0.2) is 9.59 Å². The molecule has 0 aliphatic rings. The smallest absolute Gasteiger partial charge is 0.347 e. The van der Waals surface area contributed by atoms with Gasteiger partial charge in [-0.2, -0.15) is 0 Å². The van der Waals surface area contributed by atoms with Crippen LogP contribution in [0.3, 0.4) is 0 Å². The molecule has 0 saturated carbocycles. The van der Waals surface area contributed by atoms with Crippen LogP contribution in [0.5, 0.6) is 34.5 Å². The van der Waals surface area contributed by atoms with Crippen LogP contribution in [0, 0.1) is 20.8 Å². The highest BCUT2D eigenvalue weighted by atomic mass is 16.5. The van der Waals surface area contributed by atoms with Crippen LogP contribution in [0.25, 0.3) is 0 Å². The fourth-order valence-corrected chi connectivity index (χ4v) is 4.22. The highest BCUT2D eigenvalue weighted by Crippen LogP contribution is 2.36. The fraction of sp³-hybridized carbons (Fsp3) is 0.323. The Kier molecular flexibility index (Phi) is 11.6. The average molecular weight is 569 g/mol. The Balaban J connectivity index is 0.000000353. The number of carbonyl (C=O) groups excluding carboxylic acids is 2. The number of esters is 1. The zero-order valence-electron chi connectivity index (χ0n) is 23.8. The number of carboxylic acid groups (broad SMARTS) is 1. The first-order valence-electron chi connectivity index (χ1n) is 13.0. The quantitative estimate of drug-likeness (QED) is 0.0848. The van der Waals surface area contributed by atoms with Gasteiger partial charge in [0.2, 0.25) is 0 Å². The van der Waals surface area contributed by atoms with Crippen LogP contribution in [0.4, 0.5) is 0 Å². The van der Waals surface area contributed by atoms with Crippen LogP contribution in [0.1, 0.15) is 85.9 Å². The van der Waals surface area contributed by atoms with Crippen molar-refractivity contribution in [2.24, 2.45) is 0 Å². The minimum atomic E-state index is -1.38. The molecule has 220 valence electrons. The van der Waals surface area contributed by atoms with Gasteiger partial charge in [-0.3, -0.25) is 4.79 Å². The Bertz CT molecular complexity index is 1430. The summed E-state index contributed by atoms with van der Waals surface area (Å²) >= 11 is 0. The summed E-state index contributed by atoms with van der Waals surface area (Å²) in [4.78, 5) is 35.2. The van der Waals surface area contributed by atoms with Crippen molar-refractivity contribution < 1.29 is 49.4 Å². The third-order valence-electron chi connectivity index (χ3n) is 6.53. The van der Waals surface area contributed by atoms with E-state index in [2.05, 4.69) is 6.92 Å². The van der Waals surface area contributed by atoms with Crippen molar-refractivity contribution in [2.45, 2.75) is 59.8 Å². The van der Waals surface area contributed by atoms with E-state index in [-0.39, 0.29) is 50.8 Å². The normalized spacial score (nSPS) is 10.4. The van der Waals surface area contributed by atoms with E-state index in [1.807, 2.05) is 0 Å². The van der Waals surface area contributed by atoms with E-state index in [4.69, 9.17) is 14.6 Å². The minimum absolute atomic E-state index is 0.0419. The van der Waals surface area contributed by atoms with Crippen molar-refractivity contribution in [3.63, 3.8) is 0 Å². The zero-order valence-corrected chi connectivity index (χ0v) is 23.8. The van der Waals surface area contributed by atoms with Crippen LogP contribution in [0.2, 0.25) is 0 Å². The number of rotatable bonds is 10. The van der Waals surface area contributed by atoms with E-state index in [9.17, 15) is 34.8 Å². The number of aldehydes is 1. The molecular weight excluding hydrogens is 532 g/mol. The predicted molar refractivity (Wildman–Crippen MR) is 152 cm³/mol. The molecule has 3 aromatic carbocycles. The number of hydrogen-bond donors (Lipinski definition) is 5. The van der Waals surface area contributed by atoms with Gasteiger partial charge < -0.3 is 35.0 Å². The molecule has 0 aliphatic carbocycles. The predicted octanol–water partition coefficient (Wildman–Crippen LogP) is 5.98. The van der Waals surface area contributed by atoms with Gasteiger partial charge in [0.25, 0.3) is 0 Å². The first-order valence-corrected chi connectivity index (χ1v) is 13.0. The SMILES string of the molecule is CCCCCCc1ccc(O)cc1O.COc1cc(C)c(C(=O)Oc2cc(C)c(O)c(C(=O)O)c2C)c(O)c1C=O. The van der Waals surface area contributed by atoms with Crippen molar-refractivity contribution >= 4 is 18.2 Å². The summed E-state index contributed by atoms with van der Waals surface area (Å²) < 4.78 is 10.3. The molecule has 0 fully saturated rings. The Morgan fingerprint density at radius 1 is 0.854 bits per heavy atom. The number of hydrogen-bond acceptors (Lipinski definition) is 9. The van der Waals surface area contributed by atoms with Crippen LogP contribution < -0.4 is 9.47 Å². The number of carboxylic acids is 1. The number of aromatic carboxylic acids is 1. The maximum absolute atomic E-state index is 12.6. The summed E-state index contributed by atoms with van der Waals surface area (Å²) in [5.41, 5.74) is 0.623. The molecule has 0 unspecified atom stereocenters. The topological polar surface area (TPSA) is 171 Å². The highest BCUT2D eigenvalue weighted by Gasteiger charge is 2.26. The molecule has 3 rings (SSSR count). The number of phenols is 4. The fourth-order valence-electron chi connectivity index (χ4n) is 4.22. The number of ether oxygens (including phenoxy) is 2. The number of benzene rings is 3. The summed E-state index contributed by atoms with van der Waals surface area (Å²) in [5.74, 6) is -3.04. The van der Waals surface area contributed by atoms with Crippen molar-refractivity contribution in [3.05, 3.63) is 69.3 Å². The van der Waals surface area contributed by atoms with Gasteiger partial charge in [0.05, 0.1) is 12.7 Å². The van der Waals surface area contributed by atoms with Crippen LogP contribution in [-0.4, -0.2) is 50.9 Å². The lowest BCUT2D eigenvalue weighted by Crippen LogP contribution is -2.14. The molecule has 0 spiro atoms. The highest BCUT2D eigenvalue weighted by molar-refractivity contribution is 6.00. The summed E-state index contributed by atoms with van der Waals surface area (Å²) in [6, 6.07) is 7.52. The molecule has 0 atom stereocenters. The third kappa shape index (κ3) is 7.91. The Labute approximate surface area is 238 Å². The van der Waals surface area contributed by atoms with Gasteiger partial charge in [0.15, 0.2) is 6.29 Å². The lowest BCUT2D eigenvalue weighted by molar-refractivity contribution is 0.0681. The molecule has 0 bridgehead atoms. The molecule has 10 nitrogen and oxygen atoms in total. The summed E-state index contributed by atoms with van der Waals surface area (Å²) in [6.07, 6.45) is 6.03. The number of methoxy groups -OCH3 is 1. The summed E-state index contributed by atoms with van der Waals surface area (Å²) in [6.45, 7) is 6.53.